The molecule has 0 fully saturated rings. The first-order chi connectivity index (χ1) is 10.3. The SMILES string of the molecule is Nc1ccc2c(c1)C[C@@H](O)[C@@H]2Nc1cccc(C(F)(F)F)c1. The van der Waals surface area contributed by atoms with E-state index in [1.807, 2.05) is 0 Å². The Morgan fingerprint density at radius 2 is 1.91 bits per heavy atom. The summed E-state index contributed by atoms with van der Waals surface area (Å²) in [5.74, 6) is 0. The van der Waals surface area contributed by atoms with Crippen LogP contribution in [0.5, 0.6) is 0 Å². The fourth-order valence-electron chi connectivity index (χ4n) is 2.80. The summed E-state index contributed by atoms with van der Waals surface area (Å²) in [6, 6.07) is 9.82. The van der Waals surface area contributed by atoms with E-state index in [-0.39, 0.29) is 0 Å². The highest BCUT2D eigenvalue weighted by molar-refractivity contribution is 5.54. The van der Waals surface area contributed by atoms with Crippen molar-refractivity contribution in [3.05, 3.63) is 59.2 Å². The lowest BCUT2D eigenvalue weighted by molar-refractivity contribution is -0.137. The molecule has 4 N–H and O–H groups in total. The van der Waals surface area contributed by atoms with Crippen LogP contribution in [0.4, 0.5) is 24.5 Å². The first kappa shape index (κ1) is 14.7. The highest BCUT2D eigenvalue weighted by Crippen LogP contribution is 2.36. The molecule has 0 unspecified atom stereocenters. The van der Waals surface area contributed by atoms with Crippen LogP contribution in [0.15, 0.2) is 42.5 Å². The number of nitrogens with one attached hydrogen (secondary N) is 1. The van der Waals surface area contributed by atoms with Crippen molar-refractivity contribution in [3.8, 4) is 0 Å². The van der Waals surface area contributed by atoms with Gasteiger partial charge in [0.1, 0.15) is 0 Å². The minimum atomic E-state index is -4.39. The second-order valence-corrected chi connectivity index (χ2v) is 5.43. The number of halogens is 3. The van der Waals surface area contributed by atoms with Crippen LogP contribution in [0.3, 0.4) is 0 Å². The van der Waals surface area contributed by atoms with Crippen molar-refractivity contribution in [1.82, 2.24) is 0 Å². The van der Waals surface area contributed by atoms with E-state index < -0.39 is 23.9 Å². The van der Waals surface area contributed by atoms with E-state index in [2.05, 4.69) is 5.32 Å². The topological polar surface area (TPSA) is 58.3 Å². The average Bonchev–Trinajstić information content (AvgIpc) is 2.74. The Balaban J connectivity index is 1.88. The third kappa shape index (κ3) is 2.74. The van der Waals surface area contributed by atoms with Gasteiger partial charge in [-0.1, -0.05) is 12.1 Å². The van der Waals surface area contributed by atoms with E-state index in [1.54, 1.807) is 24.3 Å². The summed E-state index contributed by atoms with van der Waals surface area (Å²) in [4.78, 5) is 0. The molecule has 116 valence electrons. The monoisotopic (exact) mass is 308 g/mol. The molecule has 0 saturated carbocycles. The molecule has 22 heavy (non-hydrogen) atoms. The van der Waals surface area contributed by atoms with Gasteiger partial charge in [0.15, 0.2) is 0 Å². The Hall–Kier alpha value is -2.21. The van der Waals surface area contributed by atoms with Gasteiger partial charge in [0.25, 0.3) is 0 Å². The Labute approximate surface area is 125 Å². The number of nitrogen functional groups attached to an aromatic ring is 1. The van der Waals surface area contributed by atoms with Crippen LogP contribution >= 0.6 is 0 Å². The van der Waals surface area contributed by atoms with Crippen molar-refractivity contribution in [2.24, 2.45) is 0 Å². The second kappa shape index (κ2) is 5.21. The maximum absolute atomic E-state index is 12.8. The fourth-order valence-corrected chi connectivity index (χ4v) is 2.80. The van der Waals surface area contributed by atoms with Gasteiger partial charge in [-0.05, 0) is 41.5 Å². The molecule has 6 heteroatoms. The maximum atomic E-state index is 12.8. The first-order valence-electron chi connectivity index (χ1n) is 6.85. The Morgan fingerprint density at radius 3 is 2.64 bits per heavy atom. The third-order valence-electron chi connectivity index (χ3n) is 3.83. The molecule has 2 aromatic rings. The van der Waals surface area contributed by atoms with Crippen molar-refractivity contribution in [3.63, 3.8) is 0 Å². The molecule has 3 rings (SSSR count). The Bertz CT molecular complexity index is 700. The van der Waals surface area contributed by atoms with Gasteiger partial charge in [0, 0.05) is 17.8 Å². The van der Waals surface area contributed by atoms with Crippen molar-refractivity contribution in [1.29, 1.82) is 0 Å². The molecule has 0 saturated heterocycles. The fraction of sp³-hybridized carbons (Fsp3) is 0.250. The highest BCUT2D eigenvalue weighted by atomic mass is 19.4. The van der Waals surface area contributed by atoms with E-state index in [9.17, 15) is 18.3 Å². The van der Waals surface area contributed by atoms with Crippen molar-refractivity contribution >= 4 is 11.4 Å². The van der Waals surface area contributed by atoms with E-state index in [0.29, 0.717) is 17.8 Å². The molecular weight excluding hydrogens is 293 g/mol. The molecule has 3 nitrogen and oxygen atoms in total. The molecule has 0 amide bonds. The maximum Gasteiger partial charge on any atom is 0.416 e. The molecule has 0 bridgehead atoms. The van der Waals surface area contributed by atoms with Crippen molar-refractivity contribution in [2.75, 3.05) is 11.1 Å². The standard InChI is InChI=1S/C16H15F3N2O/c17-16(18,19)10-2-1-3-12(8-10)21-15-13-5-4-11(20)6-9(13)7-14(15)22/h1-6,8,14-15,21-22H,7,20H2/t14-,15-/m1/s1. The smallest absolute Gasteiger partial charge is 0.399 e. The van der Waals surface area contributed by atoms with Gasteiger partial charge in [-0.25, -0.2) is 0 Å². The normalized spacial score (nSPS) is 20.7. The summed E-state index contributed by atoms with van der Waals surface area (Å²) in [5, 5.41) is 13.2. The second-order valence-electron chi connectivity index (χ2n) is 5.43. The molecule has 0 heterocycles. The number of hydrogen-bond donors (Lipinski definition) is 3. The zero-order valence-corrected chi connectivity index (χ0v) is 11.6. The van der Waals surface area contributed by atoms with Crippen LogP contribution in [0.2, 0.25) is 0 Å². The lowest BCUT2D eigenvalue weighted by Crippen LogP contribution is -2.21. The van der Waals surface area contributed by atoms with Crippen LogP contribution in [-0.4, -0.2) is 11.2 Å². The predicted molar refractivity (Wildman–Crippen MR) is 78.4 cm³/mol. The number of anilines is 2. The average molecular weight is 308 g/mol. The zero-order chi connectivity index (χ0) is 15.9. The number of aliphatic hydroxyl groups is 1. The van der Waals surface area contributed by atoms with E-state index in [1.165, 1.54) is 6.07 Å². The first-order valence-corrected chi connectivity index (χ1v) is 6.85. The molecule has 0 spiro atoms. The quantitative estimate of drug-likeness (QED) is 0.746. The minimum absolute atomic E-state index is 0.323. The number of alkyl halides is 3. The summed E-state index contributed by atoms with van der Waals surface area (Å²) in [7, 11) is 0. The van der Waals surface area contributed by atoms with Crippen LogP contribution in [0.1, 0.15) is 22.7 Å². The molecule has 0 radical (unpaired) electrons. The van der Waals surface area contributed by atoms with Gasteiger partial charge in [-0.2, -0.15) is 13.2 Å². The molecule has 0 aliphatic heterocycles. The van der Waals surface area contributed by atoms with E-state index >= 15 is 0 Å². The van der Waals surface area contributed by atoms with Gasteiger partial charge >= 0.3 is 6.18 Å². The lowest BCUT2D eigenvalue weighted by atomic mass is 10.1. The van der Waals surface area contributed by atoms with E-state index in [0.717, 1.165) is 23.3 Å². The largest absolute Gasteiger partial charge is 0.416 e. The summed E-state index contributed by atoms with van der Waals surface area (Å²) < 4.78 is 38.3. The van der Waals surface area contributed by atoms with E-state index in [4.69, 9.17) is 5.73 Å². The Morgan fingerprint density at radius 1 is 1.14 bits per heavy atom. The number of hydrogen-bond acceptors (Lipinski definition) is 3. The Kier molecular flexibility index (Phi) is 3.48. The predicted octanol–water partition coefficient (Wildman–Crippen LogP) is 3.36. The van der Waals surface area contributed by atoms with Gasteiger partial charge < -0.3 is 16.2 Å². The highest BCUT2D eigenvalue weighted by Gasteiger charge is 2.33. The van der Waals surface area contributed by atoms with Crippen molar-refractivity contribution < 1.29 is 18.3 Å². The van der Waals surface area contributed by atoms with Crippen LogP contribution < -0.4 is 11.1 Å². The number of nitrogens with two attached hydrogens (primary N) is 1. The summed E-state index contributed by atoms with van der Waals surface area (Å²) in [6.45, 7) is 0. The number of rotatable bonds is 2. The van der Waals surface area contributed by atoms with Gasteiger partial charge in [0.05, 0.1) is 17.7 Å². The molecule has 2 atom stereocenters. The molecular formula is C16H15F3N2O. The van der Waals surface area contributed by atoms with Crippen molar-refractivity contribution in [2.45, 2.75) is 24.7 Å². The molecule has 1 aliphatic rings. The van der Waals surface area contributed by atoms with Crippen LogP contribution in [0, 0.1) is 0 Å². The lowest BCUT2D eigenvalue weighted by Gasteiger charge is -2.20. The van der Waals surface area contributed by atoms with Gasteiger partial charge in [-0.15, -0.1) is 0 Å². The van der Waals surface area contributed by atoms with Gasteiger partial charge in [-0.3, -0.25) is 0 Å². The third-order valence-corrected chi connectivity index (χ3v) is 3.83. The number of fused-ring (bicyclic) bond motifs is 1. The zero-order valence-electron chi connectivity index (χ0n) is 11.6. The summed E-state index contributed by atoms with van der Waals surface area (Å²) in [5.41, 5.74) is 7.69. The summed E-state index contributed by atoms with van der Waals surface area (Å²) >= 11 is 0. The minimum Gasteiger partial charge on any atom is -0.399 e. The molecule has 1 aliphatic carbocycles. The number of benzene rings is 2. The van der Waals surface area contributed by atoms with Crippen LogP contribution in [0.25, 0.3) is 0 Å². The summed E-state index contributed by atoms with van der Waals surface area (Å²) in [6.07, 6.45) is -4.67. The molecule has 2 aromatic carbocycles. The van der Waals surface area contributed by atoms with Crippen LogP contribution in [-0.2, 0) is 12.6 Å². The van der Waals surface area contributed by atoms with Gasteiger partial charge in [0.2, 0.25) is 0 Å². The molecule has 0 aromatic heterocycles. The number of aliphatic hydroxyl groups excluding tert-OH is 1.